The molecule has 0 spiro atoms. The largest absolute Gasteiger partial charge is 0.493 e. The predicted octanol–water partition coefficient (Wildman–Crippen LogP) is 5.74. The molecule has 0 saturated heterocycles. The van der Waals surface area contributed by atoms with Gasteiger partial charge in [0.2, 0.25) is 5.91 Å². The Labute approximate surface area is 213 Å². The summed E-state index contributed by atoms with van der Waals surface area (Å²) in [6.45, 7) is 1.28. The smallest absolute Gasteiger partial charge is 0.251 e. The zero-order valence-corrected chi connectivity index (χ0v) is 20.4. The maximum absolute atomic E-state index is 14.7. The molecule has 0 radical (unpaired) electrons. The van der Waals surface area contributed by atoms with E-state index >= 15 is 0 Å². The maximum Gasteiger partial charge on any atom is 0.251 e. The fourth-order valence-electron chi connectivity index (χ4n) is 3.72. The number of ether oxygens (including phenoxy) is 1. The van der Waals surface area contributed by atoms with Gasteiger partial charge in [-0.25, -0.2) is 22.0 Å². The van der Waals surface area contributed by atoms with Crippen molar-refractivity contribution in [2.24, 2.45) is 0 Å². The van der Waals surface area contributed by atoms with Crippen LogP contribution in [0.2, 0.25) is 0 Å². The third-order valence-corrected chi connectivity index (χ3v) is 6.63. The van der Waals surface area contributed by atoms with Crippen LogP contribution in [0, 0.1) is 29.1 Å². The number of carbonyl (C=O) groups is 2. The Hall–Kier alpha value is -3.60. The summed E-state index contributed by atoms with van der Waals surface area (Å²) in [6, 6.07) is 7.48. The van der Waals surface area contributed by atoms with Crippen molar-refractivity contribution in [1.82, 2.24) is 5.32 Å². The third-order valence-electron chi connectivity index (χ3n) is 5.60. The molecular formula is C26H21F5N2O3S. The molecule has 1 aliphatic rings. The number of halogens is 5. The van der Waals surface area contributed by atoms with Crippen molar-refractivity contribution in [1.29, 1.82) is 0 Å². The standard InChI is InChI=1S/C26H21F5N2O3S/c1-2-5-36-16-9-21(30)18(22(31)10-16)12-33-23-4-3-14(6-24(23)37-13-25(33)34)26(35)32-11-17-19(28)7-15(27)8-20(17)29/h3-4,6-10H,2,5,11-13H2,1H3,(H,32,35). The maximum atomic E-state index is 14.7. The van der Waals surface area contributed by atoms with Gasteiger partial charge in [0.05, 0.1) is 24.6 Å². The Bertz CT molecular complexity index is 1320. The van der Waals surface area contributed by atoms with Crippen molar-refractivity contribution < 1.29 is 36.3 Å². The molecule has 5 nitrogen and oxygen atoms in total. The fraction of sp³-hybridized carbons (Fsp3) is 0.231. The van der Waals surface area contributed by atoms with Gasteiger partial charge in [0.1, 0.15) is 34.8 Å². The van der Waals surface area contributed by atoms with Crippen LogP contribution in [0.25, 0.3) is 0 Å². The first-order chi connectivity index (χ1) is 17.7. The van der Waals surface area contributed by atoms with E-state index in [1.807, 2.05) is 6.92 Å². The highest BCUT2D eigenvalue weighted by Crippen LogP contribution is 2.37. The van der Waals surface area contributed by atoms with Gasteiger partial charge in [-0.05, 0) is 24.6 Å². The molecule has 2 amide bonds. The summed E-state index contributed by atoms with van der Waals surface area (Å²) in [6.07, 6.45) is 0.668. The number of thioether (sulfide) groups is 1. The van der Waals surface area contributed by atoms with E-state index in [1.165, 1.54) is 23.1 Å². The fourth-order valence-corrected chi connectivity index (χ4v) is 4.69. The SMILES string of the molecule is CCCOc1cc(F)c(CN2C(=O)CSc3cc(C(=O)NCc4c(F)cc(F)cc4F)ccc32)c(F)c1. The van der Waals surface area contributed by atoms with Crippen molar-refractivity contribution in [2.45, 2.75) is 31.3 Å². The number of benzene rings is 3. The summed E-state index contributed by atoms with van der Waals surface area (Å²) in [5.41, 5.74) is -0.300. The van der Waals surface area contributed by atoms with Gasteiger partial charge >= 0.3 is 0 Å². The molecule has 0 saturated carbocycles. The number of amides is 2. The van der Waals surface area contributed by atoms with Gasteiger partial charge in [0, 0.05) is 52.4 Å². The molecule has 0 aromatic heterocycles. The Balaban J connectivity index is 1.52. The van der Waals surface area contributed by atoms with Crippen LogP contribution in [0.5, 0.6) is 5.75 Å². The number of nitrogens with one attached hydrogen (secondary N) is 1. The molecule has 0 fully saturated rings. The predicted molar refractivity (Wildman–Crippen MR) is 128 cm³/mol. The Morgan fingerprint density at radius 2 is 1.62 bits per heavy atom. The van der Waals surface area contributed by atoms with Gasteiger partial charge in [-0.3, -0.25) is 9.59 Å². The lowest BCUT2D eigenvalue weighted by Gasteiger charge is -2.29. The molecule has 3 aromatic carbocycles. The van der Waals surface area contributed by atoms with E-state index in [2.05, 4.69) is 5.32 Å². The minimum atomic E-state index is -1.13. The molecule has 0 aliphatic carbocycles. The van der Waals surface area contributed by atoms with Crippen LogP contribution in [0.15, 0.2) is 47.4 Å². The molecule has 4 rings (SSSR count). The molecule has 0 bridgehead atoms. The first kappa shape index (κ1) is 26.5. The molecule has 194 valence electrons. The summed E-state index contributed by atoms with van der Waals surface area (Å²) in [5, 5.41) is 2.38. The molecule has 37 heavy (non-hydrogen) atoms. The normalized spacial score (nSPS) is 12.9. The summed E-state index contributed by atoms with van der Waals surface area (Å²) in [4.78, 5) is 26.9. The topological polar surface area (TPSA) is 58.6 Å². The minimum absolute atomic E-state index is 0.0228. The summed E-state index contributed by atoms with van der Waals surface area (Å²) < 4.78 is 75.4. The lowest BCUT2D eigenvalue weighted by atomic mass is 10.1. The average molecular weight is 537 g/mol. The van der Waals surface area contributed by atoms with Crippen LogP contribution >= 0.6 is 11.8 Å². The first-order valence-electron chi connectivity index (χ1n) is 11.3. The van der Waals surface area contributed by atoms with Crippen LogP contribution in [0.4, 0.5) is 27.6 Å². The number of anilines is 1. The van der Waals surface area contributed by atoms with E-state index in [0.29, 0.717) is 35.7 Å². The quantitative estimate of drug-likeness (QED) is 0.373. The van der Waals surface area contributed by atoms with Crippen molar-refractivity contribution >= 4 is 29.3 Å². The third kappa shape index (κ3) is 5.87. The Kier molecular flexibility index (Phi) is 8.01. The van der Waals surface area contributed by atoms with Crippen molar-refractivity contribution in [3.63, 3.8) is 0 Å². The van der Waals surface area contributed by atoms with Crippen LogP contribution in [0.3, 0.4) is 0 Å². The second-order valence-electron chi connectivity index (χ2n) is 8.20. The highest BCUT2D eigenvalue weighted by molar-refractivity contribution is 8.00. The number of fused-ring (bicyclic) bond motifs is 1. The van der Waals surface area contributed by atoms with Gasteiger partial charge in [0.15, 0.2) is 0 Å². The van der Waals surface area contributed by atoms with Crippen molar-refractivity contribution in [3.05, 3.63) is 88.2 Å². The summed E-state index contributed by atoms with van der Waals surface area (Å²) in [5.74, 6) is -6.03. The van der Waals surface area contributed by atoms with Crippen LogP contribution < -0.4 is 15.0 Å². The first-order valence-corrected chi connectivity index (χ1v) is 12.3. The summed E-state index contributed by atoms with van der Waals surface area (Å²) >= 11 is 1.14. The number of hydrogen-bond donors (Lipinski definition) is 1. The molecular weight excluding hydrogens is 515 g/mol. The molecule has 11 heteroatoms. The van der Waals surface area contributed by atoms with E-state index in [-0.39, 0.29) is 35.1 Å². The summed E-state index contributed by atoms with van der Waals surface area (Å²) in [7, 11) is 0. The minimum Gasteiger partial charge on any atom is -0.493 e. The highest BCUT2D eigenvalue weighted by Gasteiger charge is 2.28. The zero-order valence-electron chi connectivity index (χ0n) is 19.5. The lowest BCUT2D eigenvalue weighted by molar-refractivity contribution is -0.116. The van der Waals surface area contributed by atoms with Gasteiger partial charge in [-0.2, -0.15) is 0 Å². The Morgan fingerprint density at radius 1 is 0.973 bits per heavy atom. The van der Waals surface area contributed by atoms with E-state index < -0.39 is 47.1 Å². The van der Waals surface area contributed by atoms with Gasteiger partial charge in [-0.1, -0.05) is 6.92 Å². The van der Waals surface area contributed by atoms with Crippen LogP contribution in [0.1, 0.15) is 34.8 Å². The van der Waals surface area contributed by atoms with Crippen LogP contribution in [-0.2, 0) is 17.9 Å². The van der Waals surface area contributed by atoms with E-state index in [0.717, 1.165) is 23.9 Å². The number of carbonyl (C=O) groups excluding carboxylic acids is 2. The average Bonchev–Trinajstić information content (AvgIpc) is 2.85. The number of nitrogens with zero attached hydrogens (tertiary/aromatic N) is 1. The van der Waals surface area contributed by atoms with E-state index in [1.54, 1.807) is 0 Å². The highest BCUT2D eigenvalue weighted by atomic mass is 32.2. The second-order valence-corrected chi connectivity index (χ2v) is 9.21. The monoisotopic (exact) mass is 536 g/mol. The van der Waals surface area contributed by atoms with E-state index in [9.17, 15) is 31.5 Å². The molecule has 0 unspecified atom stereocenters. The zero-order chi connectivity index (χ0) is 26.7. The molecule has 1 aliphatic heterocycles. The van der Waals surface area contributed by atoms with Gasteiger partial charge in [-0.15, -0.1) is 11.8 Å². The van der Waals surface area contributed by atoms with E-state index in [4.69, 9.17) is 4.74 Å². The molecule has 3 aromatic rings. The van der Waals surface area contributed by atoms with Crippen LogP contribution in [-0.4, -0.2) is 24.2 Å². The Morgan fingerprint density at radius 3 is 2.27 bits per heavy atom. The van der Waals surface area contributed by atoms with Gasteiger partial charge in [0.25, 0.3) is 5.91 Å². The molecule has 0 atom stereocenters. The molecule has 1 N–H and O–H groups in total. The number of hydrogen-bond acceptors (Lipinski definition) is 4. The van der Waals surface area contributed by atoms with Gasteiger partial charge < -0.3 is 15.0 Å². The van der Waals surface area contributed by atoms with Crippen molar-refractivity contribution in [3.8, 4) is 5.75 Å². The molecule has 1 heterocycles. The lowest BCUT2D eigenvalue weighted by Crippen LogP contribution is -2.35. The second kappa shape index (κ2) is 11.2. The van der Waals surface area contributed by atoms with Crippen molar-refractivity contribution in [2.75, 3.05) is 17.3 Å². The number of rotatable bonds is 8.